The highest BCUT2D eigenvalue weighted by Crippen LogP contribution is 2.21. The normalized spacial score (nSPS) is 20.4. The Hall–Kier alpha value is -0.630. The van der Waals surface area contributed by atoms with Crippen LogP contribution in [0.2, 0.25) is 0 Å². The highest BCUT2D eigenvalue weighted by atomic mass is 32.1. The molecule has 0 unspecified atom stereocenters. The maximum Gasteiger partial charge on any atom is 0.179 e. The van der Waals surface area contributed by atoms with Crippen molar-refractivity contribution in [3.63, 3.8) is 0 Å². The first kappa shape index (κ1) is 27.4. The van der Waals surface area contributed by atoms with Crippen LogP contribution in [-0.4, -0.2) is 105 Å². The molecule has 0 spiro atoms. The van der Waals surface area contributed by atoms with Crippen molar-refractivity contribution in [2.24, 2.45) is 0 Å². The quantitative estimate of drug-likeness (QED) is 0.131. The minimum atomic E-state index is -1.48. The molecule has 0 rings (SSSR count). The van der Waals surface area contributed by atoms with E-state index in [0.717, 1.165) is 9.80 Å². The molecule has 0 aromatic heterocycles. The first-order valence-electron chi connectivity index (χ1n) is 9.33. The SMILES string of the molecule is C[C@@H](O)C[C@@H](O)N(C(=S)N([C@H](O)C[C@@H](C)O)[C@@H](O)C[C@@H](C)O)[C@H](O)C[C@@H](C)O. The lowest BCUT2D eigenvalue weighted by Crippen LogP contribution is -2.59. The van der Waals surface area contributed by atoms with Gasteiger partial charge in [0.1, 0.15) is 24.9 Å². The van der Waals surface area contributed by atoms with Crippen molar-refractivity contribution in [1.29, 1.82) is 0 Å². The third-order valence-corrected chi connectivity index (χ3v) is 4.36. The zero-order valence-electron chi connectivity index (χ0n) is 16.8. The molecule has 0 radical (unpaired) electrons. The van der Waals surface area contributed by atoms with Crippen molar-refractivity contribution in [1.82, 2.24) is 9.80 Å². The van der Waals surface area contributed by atoms with Crippen LogP contribution >= 0.6 is 12.2 Å². The maximum absolute atomic E-state index is 10.5. The van der Waals surface area contributed by atoms with Crippen LogP contribution in [0.3, 0.4) is 0 Å². The van der Waals surface area contributed by atoms with Gasteiger partial charge in [-0.2, -0.15) is 0 Å². The van der Waals surface area contributed by atoms with Gasteiger partial charge >= 0.3 is 0 Å². The second kappa shape index (κ2) is 12.8. The van der Waals surface area contributed by atoms with Crippen molar-refractivity contribution in [2.75, 3.05) is 0 Å². The summed E-state index contributed by atoms with van der Waals surface area (Å²) in [6.45, 7) is 5.70. The van der Waals surface area contributed by atoms with Crippen LogP contribution < -0.4 is 0 Å². The van der Waals surface area contributed by atoms with Gasteiger partial charge in [-0.3, -0.25) is 9.80 Å². The number of aliphatic hydroxyl groups excluding tert-OH is 8. The number of hydrogen-bond acceptors (Lipinski definition) is 9. The summed E-state index contributed by atoms with van der Waals surface area (Å²) in [7, 11) is 0. The fourth-order valence-electron chi connectivity index (χ4n) is 2.72. The summed E-state index contributed by atoms with van der Waals surface area (Å²) in [5.74, 6) is 0. The van der Waals surface area contributed by atoms with Crippen LogP contribution in [-0.2, 0) is 0 Å². The molecule has 0 amide bonds. The monoisotopic (exact) mass is 428 g/mol. The minimum absolute atomic E-state index is 0.205. The molecule has 0 aromatic rings. The fourth-order valence-corrected chi connectivity index (χ4v) is 3.20. The van der Waals surface area contributed by atoms with Gasteiger partial charge in [0.2, 0.25) is 0 Å². The zero-order chi connectivity index (χ0) is 22.2. The second-order valence-electron chi connectivity index (χ2n) is 7.36. The predicted octanol–water partition coefficient (Wildman–Crippen LogP) is -1.77. The average Bonchev–Trinajstić information content (AvgIpc) is 2.43. The Labute approximate surface area is 171 Å². The van der Waals surface area contributed by atoms with Gasteiger partial charge in [-0.15, -0.1) is 0 Å². The Kier molecular flexibility index (Phi) is 12.5. The number of aliphatic hydroxyl groups is 8. The van der Waals surface area contributed by atoms with Crippen LogP contribution in [0.15, 0.2) is 0 Å². The molecule has 0 heterocycles. The summed E-state index contributed by atoms with van der Waals surface area (Å²) in [5, 5.41) is 79.8. The molecular weight excluding hydrogens is 392 g/mol. The minimum Gasteiger partial charge on any atom is -0.393 e. The molecule has 0 aliphatic rings. The van der Waals surface area contributed by atoms with E-state index >= 15 is 0 Å². The van der Waals surface area contributed by atoms with Gasteiger partial charge in [-0.05, 0) is 39.9 Å². The van der Waals surface area contributed by atoms with E-state index in [1.165, 1.54) is 27.7 Å². The Morgan fingerprint density at radius 1 is 0.536 bits per heavy atom. The summed E-state index contributed by atoms with van der Waals surface area (Å²) in [4.78, 5) is 1.79. The lowest BCUT2D eigenvalue weighted by atomic mass is 10.1. The van der Waals surface area contributed by atoms with Crippen LogP contribution in [0.1, 0.15) is 53.4 Å². The van der Waals surface area contributed by atoms with Gasteiger partial charge in [0.25, 0.3) is 0 Å². The Bertz CT molecular complexity index is 383. The largest absolute Gasteiger partial charge is 0.393 e. The number of hydrogen-bond donors (Lipinski definition) is 8. The lowest BCUT2D eigenvalue weighted by molar-refractivity contribution is -0.120. The fraction of sp³-hybridized carbons (Fsp3) is 0.941. The van der Waals surface area contributed by atoms with Crippen LogP contribution in [0.4, 0.5) is 0 Å². The first-order chi connectivity index (χ1) is 12.8. The van der Waals surface area contributed by atoms with Crippen molar-refractivity contribution in [3.8, 4) is 0 Å². The molecule has 0 bridgehead atoms. The van der Waals surface area contributed by atoms with Gasteiger partial charge in [0.05, 0.1) is 24.4 Å². The second-order valence-corrected chi connectivity index (χ2v) is 7.72. The Morgan fingerprint density at radius 3 is 0.857 bits per heavy atom. The molecule has 8 N–H and O–H groups in total. The van der Waals surface area contributed by atoms with Crippen molar-refractivity contribution in [3.05, 3.63) is 0 Å². The van der Waals surface area contributed by atoms with E-state index in [4.69, 9.17) is 12.2 Å². The van der Waals surface area contributed by atoms with Crippen LogP contribution in [0.5, 0.6) is 0 Å². The van der Waals surface area contributed by atoms with E-state index in [1.54, 1.807) is 0 Å². The number of rotatable bonds is 12. The summed E-state index contributed by atoms with van der Waals surface area (Å²) >= 11 is 5.30. The van der Waals surface area contributed by atoms with E-state index in [-0.39, 0.29) is 30.8 Å². The van der Waals surface area contributed by atoms with Gasteiger partial charge in [-0.1, -0.05) is 0 Å². The van der Waals surface area contributed by atoms with Crippen LogP contribution in [0.25, 0.3) is 0 Å². The third kappa shape index (κ3) is 9.72. The highest BCUT2D eigenvalue weighted by Gasteiger charge is 2.36. The standard InChI is InChI=1S/C17H36N2O8S/c1-9(20)5-13(24)18(14(25)6-10(2)21)17(28)19(15(26)7-11(3)22)16(27)8-12(4)23/h9-16,20-27H,5-8H2,1-4H3/t9-,10-,11-,12-,13-,14-,15-,16+/m1/s1. The van der Waals surface area contributed by atoms with Crippen molar-refractivity contribution < 1.29 is 40.9 Å². The summed E-state index contributed by atoms with van der Waals surface area (Å²) in [6, 6.07) is 0. The third-order valence-electron chi connectivity index (χ3n) is 3.93. The molecule has 0 aromatic carbocycles. The van der Waals surface area contributed by atoms with E-state index in [9.17, 15) is 40.9 Å². The molecule has 0 aliphatic carbocycles. The smallest absolute Gasteiger partial charge is 0.179 e. The van der Waals surface area contributed by atoms with E-state index in [2.05, 4.69) is 0 Å². The topological polar surface area (TPSA) is 168 Å². The van der Waals surface area contributed by atoms with Crippen molar-refractivity contribution in [2.45, 2.75) is 103 Å². The predicted molar refractivity (Wildman–Crippen MR) is 105 cm³/mol. The molecule has 0 aliphatic heterocycles. The maximum atomic E-state index is 10.5. The van der Waals surface area contributed by atoms with Gasteiger partial charge in [0, 0.05) is 25.7 Å². The molecule has 28 heavy (non-hydrogen) atoms. The lowest BCUT2D eigenvalue weighted by Gasteiger charge is -2.43. The van der Waals surface area contributed by atoms with E-state index in [0.29, 0.717) is 0 Å². The van der Waals surface area contributed by atoms with Gasteiger partial charge < -0.3 is 40.9 Å². The molecule has 11 heteroatoms. The molecule has 0 fully saturated rings. The molecule has 168 valence electrons. The summed E-state index contributed by atoms with van der Waals surface area (Å²) < 4.78 is 0. The first-order valence-corrected chi connectivity index (χ1v) is 9.73. The molecule has 8 atom stereocenters. The highest BCUT2D eigenvalue weighted by molar-refractivity contribution is 7.80. The Balaban J connectivity index is 5.86. The van der Waals surface area contributed by atoms with E-state index in [1.807, 2.05) is 0 Å². The molecule has 0 saturated carbocycles. The van der Waals surface area contributed by atoms with Crippen molar-refractivity contribution >= 4 is 17.3 Å². The summed E-state index contributed by atoms with van der Waals surface area (Å²) in [6.07, 6.45) is -10.5. The van der Waals surface area contributed by atoms with Gasteiger partial charge in [0.15, 0.2) is 5.11 Å². The van der Waals surface area contributed by atoms with Crippen LogP contribution in [0, 0.1) is 0 Å². The average molecular weight is 429 g/mol. The molecule has 10 nitrogen and oxygen atoms in total. The van der Waals surface area contributed by atoms with Gasteiger partial charge in [-0.25, -0.2) is 0 Å². The Morgan fingerprint density at radius 2 is 0.714 bits per heavy atom. The number of nitrogens with zero attached hydrogens (tertiary/aromatic N) is 2. The molecular formula is C17H36N2O8S. The zero-order valence-corrected chi connectivity index (χ0v) is 17.6. The summed E-state index contributed by atoms with van der Waals surface area (Å²) in [5.41, 5.74) is 0. The number of thiocarbonyl (C=S) groups is 1. The van der Waals surface area contributed by atoms with E-state index < -0.39 is 49.3 Å². The molecule has 0 saturated heterocycles.